The minimum Gasteiger partial charge on any atom is -0.493 e. The first-order chi connectivity index (χ1) is 17.9. The first kappa shape index (κ1) is 29.2. The number of methoxy groups -OCH3 is 2. The Balaban J connectivity index is 1.67. The van der Waals surface area contributed by atoms with Crippen molar-refractivity contribution in [3.63, 3.8) is 0 Å². The molecule has 2 aromatic rings. The molecule has 1 aliphatic rings. The Morgan fingerprint density at radius 3 is 2.26 bits per heavy atom. The van der Waals surface area contributed by atoms with Crippen LogP contribution < -0.4 is 20.1 Å². The fourth-order valence-electron chi connectivity index (χ4n) is 4.31. The van der Waals surface area contributed by atoms with Crippen LogP contribution >= 0.6 is 0 Å². The summed E-state index contributed by atoms with van der Waals surface area (Å²) in [6.45, 7) is 1.15. The lowest BCUT2D eigenvalue weighted by Crippen LogP contribution is -2.53. The van der Waals surface area contributed by atoms with Gasteiger partial charge < -0.3 is 20.1 Å². The third-order valence-electron chi connectivity index (χ3n) is 6.19. The summed E-state index contributed by atoms with van der Waals surface area (Å²) in [4.78, 5) is 24.0. The van der Waals surface area contributed by atoms with Crippen LogP contribution in [0.1, 0.15) is 30.9 Å². The van der Waals surface area contributed by atoms with Crippen LogP contribution in [0.5, 0.6) is 11.5 Å². The lowest BCUT2D eigenvalue weighted by atomic mass is 10.0. The number of piperidine rings is 1. The first-order valence-electron chi connectivity index (χ1n) is 11.8. The molecule has 2 N–H and O–H groups in total. The van der Waals surface area contributed by atoms with Gasteiger partial charge in [-0.1, -0.05) is 18.2 Å². The van der Waals surface area contributed by atoms with E-state index in [9.17, 15) is 31.2 Å². The molecular weight excluding hydrogens is 527 g/mol. The summed E-state index contributed by atoms with van der Waals surface area (Å²) in [5, 5.41) is 5.45. The van der Waals surface area contributed by atoms with Crippen molar-refractivity contribution in [1.29, 1.82) is 0 Å². The summed E-state index contributed by atoms with van der Waals surface area (Å²) in [7, 11) is -1.41. The highest BCUT2D eigenvalue weighted by molar-refractivity contribution is 7.89. The van der Waals surface area contributed by atoms with E-state index in [1.807, 2.05) is 0 Å². The van der Waals surface area contributed by atoms with Crippen LogP contribution in [0, 0.1) is 0 Å². The maximum atomic E-state index is 13.4. The number of hydrogen-bond donors (Lipinski definition) is 2. The maximum Gasteiger partial charge on any atom is 0.417 e. The van der Waals surface area contributed by atoms with E-state index < -0.39 is 50.6 Å². The molecule has 0 radical (unpaired) electrons. The number of sulfonamides is 1. The van der Waals surface area contributed by atoms with Gasteiger partial charge in [0.15, 0.2) is 11.5 Å². The average molecular weight is 558 g/mol. The summed E-state index contributed by atoms with van der Waals surface area (Å²) >= 11 is 0. The number of carbonyl (C=O) groups is 2. The molecule has 0 spiro atoms. The van der Waals surface area contributed by atoms with E-state index >= 15 is 0 Å². The van der Waals surface area contributed by atoms with Crippen molar-refractivity contribution in [1.82, 2.24) is 14.9 Å². The molecule has 0 bridgehead atoms. The monoisotopic (exact) mass is 557 g/mol. The van der Waals surface area contributed by atoms with Gasteiger partial charge in [-0.25, -0.2) is 8.42 Å². The van der Waals surface area contributed by atoms with E-state index in [4.69, 9.17) is 9.47 Å². The number of hydrogen-bond acceptors (Lipinski definition) is 6. The number of carbonyl (C=O) groups excluding carboxylic acids is 2. The lowest BCUT2D eigenvalue weighted by Gasteiger charge is -2.33. The van der Waals surface area contributed by atoms with Gasteiger partial charge in [0.05, 0.1) is 24.7 Å². The largest absolute Gasteiger partial charge is 0.493 e. The number of alkyl halides is 3. The molecule has 13 heteroatoms. The predicted molar refractivity (Wildman–Crippen MR) is 132 cm³/mol. The van der Waals surface area contributed by atoms with Gasteiger partial charge in [-0.2, -0.15) is 17.5 Å². The van der Waals surface area contributed by atoms with E-state index in [-0.39, 0.29) is 32.4 Å². The van der Waals surface area contributed by atoms with Crippen LogP contribution in [0.25, 0.3) is 0 Å². The fourth-order valence-corrected chi connectivity index (χ4v) is 5.99. The Bertz CT molecular complexity index is 1260. The van der Waals surface area contributed by atoms with Gasteiger partial charge >= 0.3 is 6.18 Å². The summed E-state index contributed by atoms with van der Waals surface area (Å²) in [5.74, 6) is 0.109. The lowest BCUT2D eigenvalue weighted by molar-refractivity contribution is -0.140. The molecule has 2 amide bonds. The molecule has 0 unspecified atom stereocenters. The molecule has 0 saturated carbocycles. The van der Waals surface area contributed by atoms with Crippen molar-refractivity contribution < 1.29 is 40.7 Å². The van der Waals surface area contributed by atoms with Crippen LogP contribution in [0.4, 0.5) is 13.2 Å². The Morgan fingerprint density at radius 2 is 1.68 bits per heavy atom. The fraction of sp³-hybridized carbons (Fsp3) is 0.440. The molecule has 3 rings (SSSR count). The van der Waals surface area contributed by atoms with E-state index in [0.717, 1.165) is 22.5 Å². The van der Waals surface area contributed by atoms with Crippen molar-refractivity contribution in [3.8, 4) is 11.5 Å². The zero-order valence-corrected chi connectivity index (χ0v) is 22.0. The van der Waals surface area contributed by atoms with Gasteiger partial charge in [0.1, 0.15) is 6.04 Å². The van der Waals surface area contributed by atoms with Crippen molar-refractivity contribution in [2.75, 3.05) is 27.3 Å². The molecular formula is C25H30F3N3O6S. The summed E-state index contributed by atoms with van der Waals surface area (Å²) in [6.07, 6.45) is -4.26. The Kier molecular flexibility index (Phi) is 9.26. The number of halogens is 3. The molecule has 1 aliphatic heterocycles. The number of nitrogens with zero attached hydrogens (tertiary/aromatic N) is 1. The quantitative estimate of drug-likeness (QED) is 0.490. The maximum absolute atomic E-state index is 13.4. The number of benzene rings is 2. The molecule has 1 heterocycles. The minimum absolute atomic E-state index is 0.0695. The van der Waals surface area contributed by atoms with Crippen LogP contribution in [0.15, 0.2) is 47.4 Å². The molecule has 38 heavy (non-hydrogen) atoms. The molecule has 9 nitrogen and oxygen atoms in total. The Morgan fingerprint density at radius 1 is 1.05 bits per heavy atom. The Labute approximate surface area is 219 Å². The Hall–Kier alpha value is -3.32. The standard InChI is InChI=1S/C25H30F3N3O6S/c1-16(32)29-20(14-17-8-9-21(36-2)22(15-17)37-3)24(33)30-18-10-12-31(13-11-18)38(34,35)23-7-5-4-6-19(23)25(26,27)28/h4-9,15,18,20H,10-14H2,1-3H3,(H,29,32)(H,30,33)/t20-/m1/s1. The molecule has 1 fully saturated rings. The van der Waals surface area contributed by atoms with Gasteiger partial charge in [-0.3, -0.25) is 9.59 Å². The third kappa shape index (κ3) is 6.95. The molecule has 1 atom stereocenters. The van der Waals surface area contributed by atoms with E-state index in [0.29, 0.717) is 17.1 Å². The zero-order chi connectivity index (χ0) is 28.1. The zero-order valence-electron chi connectivity index (χ0n) is 21.2. The number of rotatable bonds is 9. The second-order valence-corrected chi connectivity index (χ2v) is 10.7. The first-order valence-corrected chi connectivity index (χ1v) is 13.3. The van der Waals surface area contributed by atoms with Crippen molar-refractivity contribution >= 4 is 21.8 Å². The van der Waals surface area contributed by atoms with Crippen molar-refractivity contribution in [2.45, 2.75) is 49.3 Å². The topological polar surface area (TPSA) is 114 Å². The summed E-state index contributed by atoms with van der Waals surface area (Å²) in [6, 6.07) is 7.85. The van der Waals surface area contributed by atoms with Crippen LogP contribution in [-0.4, -0.2) is 63.9 Å². The third-order valence-corrected chi connectivity index (χ3v) is 8.15. The highest BCUT2D eigenvalue weighted by atomic mass is 32.2. The molecule has 1 saturated heterocycles. The number of nitrogens with one attached hydrogen (secondary N) is 2. The molecule has 0 aromatic heterocycles. The normalized spacial score (nSPS) is 15.9. The van der Waals surface area contributed by atoms with Gasteiger partial charge in [-0.05, 0) is 42.7 Å². The van der Waals surface area contributed by atoms with E-state index in [1.165, 1.54) is 27.2 Å². The van der Waals surface area contributed by atoms with Crippen LogP contribution in [0.3, 0.4) is 0 Å². The molecule has 0 aliphatic carbocycles. The second-order valence-electron chi connectivity index (χ2n) is 8.83. The highest BCUT2D eigenvalue weighted by Gasteiger charge is 2.40. The molecule has 208 valence electrons. The van der Waals surface area contributed by atoms with Crippen LogP contribution in [0.2, 0.25) is 0 Å². The highest BCUT2D eigenvalue weighted by Crippen LogP contribution is 2.35. The minimum atomic E-state index is -4.82. The smallest absolute Gasteiger partial charge is 0.417 e. The average Bonchev–Trinajstić information content (AvgIpc) is 2.87. The van der Waals surface area contributed by atoms with E-state index in [1.54, 1.807) is 18.2 Å². The van der Waals surface area contributed by atoms with Gasteiger partial charge in [-0.15, -0.1) is 0 Å². The molecule has 2 aromatic carbocycles. The second kappa shape index (κ2) is 12.0. The van der Waals surface area contributed by atoms with Crippen LogP contribution in [-0.2, 0) is 32.2 Å². The SMILES string of the molecule is COc1ccc(C[C@@H](NC(C)=O)C(=O)NC2CCN(S(=O)(=O)c3ccccc3C(F)(F)F)CC2)cc1OC. The summed E-state index contributed by atoms with van der Waals surface area (Å²) < 4.78 is 77.6. The van der Waals surface area contributed by atoms with Gasteiger partial charge in [0, 0.05) is 32.5 Å². The number of ether oxygens (including phenoxy) is 2. The van der Waals surface area contributed by atoms with Crippen molar-refractivity contribution in [2.24, 2.45) is 0 Å². The number of amides is 2. The van der Waals surface area contributed by atoms with Crippen molar-refractivity contribution in [3.05, 3.63) is 53.6 Å². The summed E-state index contributed by atoms with van der Waals surface area (Å²) in [5.41, 5.74) is -0.510. The van der Waals surface area contributed by atoms with Gasteiger partial charge in [0.2, 0.25) is 21.8 Å². The van der Waals surface area contributed by atoms with E-state index in [2.05, 4.69) is 10.6 Å². The predicted octanol–water partition coefficient (Wildman–Crippen LogP) is 2.74. The van der Waals surface area contributed by atoms with Gasteiger partial charge in [0.25, 0.3) is 0 Å².